The number of nitrogens with one attached hydrogen (secondary N) is 2. The van der Waals surface area contributed by atoms with E-state index in [2.05, 4.69) is 24.5 Å². The van der Waals surface area contributed by atoms with Crippen LogP contribution >= 0.6 is 12.4 Å². The summed E-state index contributed by atoms with van der Waals surface area (Å²) in [6.07, 6.45) is 8.55. The molecule has 21 heavy (non-hydrogen) atoms. The van der Waals surface area contributed by atoms with E-state index in [0.29, 0.717) is 24.2 Å². The Morgan fingerprint density at radius 2 is 2.10 bits per heavy atom. The van der Waals surface area contributed by atoms with Gasteiger partial charge < -0.3 is 10.6 Å². The molecule has 1 aliphatic carbocycles. The van der Waals surface area contributed by atoms with E-state index in [4.69, 9.17) is 0 Å². The maximum absolute atomic E-state index is 12.1. The lowest BCUT2D eigenvalue weighted by atomic mass is 9.82. The largest absolute Gasteiger partial charge is 0.356 e. The van der Waals surface area contributed by atoms with Crippen LogP contribution in [0.4, 0.5) is 0 Å². The third-order valence-electron chi connectivity index (χ3n) is 5.28. The fourth-order valence-corrected chi connectivity index (χ4v) is 3.90. The zero-order chi connectivity index (χ0) is 14.4. The average molecular weight is 317 g/mol. The maximum atomic E-state index is 12.1. The summed E-state index contributed by atoms with van der Waals surface area (Å²) in [6.45, 7) is 7.72. The van der Waals surface area contributed by atoms with Crippen molar-refractivity contribution in [2.24, 2.45) is 23.7 Å². The lowest BCUT2D eigenvalue weighted by molar-refractivity contribution is -0.122. The maximum Gasteiger partial charge on any atom is 0.220 e. The fourth-order valence-electron chi connectivity index (χ4n) is 3.90. The summed E-state index contributed by atoms with van der Waals surface area (Å²) in [5, 5.41) is 6.63. The molecule has 0 aromatic heterocycles. The van der Waals surface area contributed by atoms with Gasteiger partial charge >= 0.3 is 0 Å². The molecule has 2 N–H and O–H groups in total. The average Bonchev–Trinajstić information content (AvgIpc) is 2.46. The molecule has 0 aromatic rings. The first-order valence-corrected chi connectivity index (χ1v) is 8.62. The quantitative estimate of drug-likeness (QED) is 0.816. The van der Waals surface area contributed by atoms with Crippen molar-refractivity contribution in [3.63, 3.8) is 0 Å². The van der Waals surface area contributed by atoms with Crippen molar-refractivity contribution in [1.29, 1.82) is 0 Å². The second-order valence-corrected chi connectivity index (χ2v) is 7.23. The van der Waals surface area contributed by atoms with Crippen LogP contribution in [0.5, 0.6) is 0 Å². The minimum Gasteiger partial charge on any atom is -0.356 e. The molecule has 0 bridgehead atoms. The molecule has 1 aliphatic heterocycles. The molecule has 124 valence electrons. The molecule has 0 spiro atoms. The summed E-state index contributed by atoms with van der Waals surface area (Å²) in [4.78, 5) is 12.1. The Labute approximate surface area is 136 Å². The standard InChI is InChI=1S/C17H32N2O.ClH/c1-13-5-3-6-15(9-13)11-19-17(20)10-14(2)16-7-4-8-18-12-16;/h13-16,18H,3-12H2,1-2H3,(H,19,20);1H. The molecule has 1 amide bonds. The number of piperidine rings is 1. The normalized spacial score (nSPS) is 31.0. The number of carbonyl (C=O) groups is 1. The third-order valence-corrected chi connectivity index (χ3v) is 5.28. The van der Waals surface area contributed by atoms with Gasteiger partial charge in [0.2, 0.25) is 5.91 Å². The van der Waals surface area contributed by atoms with Gasteiger partial charge in [-0.25, -0.2) is 0 Å². The Morgan fingerprint density at radius 3 is 2.76 bits per heavy atom. The minimum absolute atomic E-state index is 0. The van der Waals surface area contributed by atoms with Crippen LogP contribution in [0.15, 0.2) is 0 Å². The molecule has 1 heterocycles. The summed E-state index contributed by atoms with van der Waals surface area (Å²) < 4.78 is 0. The van der Waals surface area contributed by atoms with Crippen molar-refractivity contribution in [3.05, 3.63) is 0 Å². The first-order chi connectivity index (χ1) is 9.65. The Hall–Kier alpha value is -0.280. The highest BCUT2D eigenvalue weighted by molar-refractivity contribution is 5.85. The minimum atomic E-state index is 0. The van der Waals surface area contributed by atoms with Gasteiger partial charge in [0, 0.05) is 13.0 Å². The van der Waals surface area contributed by atoms with Crippen LogP contribution < -0.4 is 10.6 Å². The zero-order valence-corrected chi connectivity index (χ0v) is 14.5. The molecule has 3 nitrogen and oxygen atoms in total. The molecule has 0 aromatic carbocycles. The monoisotopic (exact) mass is 316 g/mol. The van der Waals surface area contributed by atoms with Crippen molar-refractivity contribution < 1.29 is 4.79 Å². The van der Waals surface area contributed by atoms with Crippen LogP contribution in [0.1, 0.15) is 58.8 Å². The summed E-state index contributed by atoms with van der Waals surface area (Å²) in [7, 11) is 0. The van der Waals surface area contributed by atoms with Crippen molar-refractivity contribution in [2.75, 3.05) is 19.6 Å². The molecule has 4 atom stereocenters. The van der Waals surface area contributed by atoms with Crippen molar-refractivity contribution >= 4 is 18.3 Å². The highest BCUT2D eigenvalue weighted by Gasteiger charge is 2.23. The van der Waals surface area contributed by atoms with E-state index in [9.17, 15) is 4.79 Å². The number of hydrogen-bond acceptors (Lipinski definition) is 2. The SMILES string of the molecule is CC1CCCC(CNC(=O)CC(C)C2CCCNC2)C1.Cl. The van der Waals surface area contributed by atoms with Gasteiger partial charge in [-0.05, 0) is 62.4 Å². The number of hydrogen-bond donors (Lipinski definition) is 2. The molecule has 4 heteroatoms. The first kappa shape index (κ1) is 18.8. The second kappa shape index (κ2) is 9.68. The van der Waals surface area contributed by atoms with E-state index < -0.39 is 0 Å². The van der Waals surface area contributed by atoms with Crippen LogP contribution in [0, 0.1) is 23.7 Å². The molecule has 4 unspecified atom stereocenters. The smallest absolute Gasteiger partial charge is 0.220 e. The summed E-state index contributed by atoms with van der Waals surface area (Å²) in [6, 6.07) is 0. The molecule has 2 aliphatic rings. The van der Waals surface area contributed by atoms with E-state index in [0.717, 1.165) is 25.6 Å². The highest BCUT2D eigenvalue weighted by Crippen LogP contribution is 2.28. The van der Waals surface area contributed by atoms with Crippen molar-refractivity contribution in [2.45, 2.75) is 58.8 Å². The summed E-state index contributed by atoms with van der Waals surface area (Å²) >= 11 is 0. The number of rotatable bonds is 5. The number of halogens is 1. The Morgan fingerprint density at radius 1 is 1.29 bits per heavy atom. The third kappa shape index (κ3) is 6.56. The summed E-state index contributed by atoms with van der Waals surface area (Å²) in [5.74, 6) is 3.02. The van der Waals surface area contributed by atoms with E-state index in [1.807, 2.05) is 0 Å². The van der Waals surface area contributed by atoms with Gasteiger partial charge in [0.1, 0.15) is 0 Å². The molecule has 0 radical (unpaired) electrons. The van der Waals surface area contributed by atoms with E-state index >= 15 is 0 Å². The van der Waals surface area contributed by atoms with Gasteiger partial charge in [0.25, 0.3) is 0 Å². The molecule has 1 saturated carbocycles. The topological polar surface area (TPSA) is 41.1 Å². The fraction of sp³-hybridized carbons (Fsp3) is 0.941. The lowest BCUT2D eigenvalue weighted by Crippen LogP contribution is -2.37. The zero-order valence-electron chi connectivity index (χ0n) is 13.7. The van der Waals surface area contributed by atoms with Crippen LogP contribution in [-0.4, -0.2) is 25.5 Å². The Balaban J connectivity index is 0.00000220. The van der Waals surface area contributed by atoms with Gasteiger partial charge in [-0.15, -0.1) is 12.4 Å². The Kier molecular flexibility index (Phi) is 8.65. The highest BCUT2D eigenvalue weighted by atomic mass is 35.5. The van der Waals surface area contributed by atoms with Crippen LogP contribution in [0.25, 0.3) is 0 Å². The van der Waals surface area contributed by atoms with E-state index in [-0.39, 0.29) is 18.3 Å². The van der Waals surface area contributed by atoms with Gasteiger partial charge in [-0.2, -0.15) is 0 Å². The number of amides is 1. The molecule has 2 fully saturated rings. The van der Waals surface area contributed by atoms with Crippen LogP contribution in [-0.2, 0) is 4.79 Å². The van der Waals surface area contributed by atoms with Gasteiger partial charge in [-0.1, -0.05) is 26.7 Å². The Bertz CT molecular complexity index is 305. The van der Waals surface area contributed by atoms with Crippen molar-refractivity contribution in [1.82, 2.24) is 10.6 Å². The molecule has 2 rings (SSSR count). The second-order valence-electron chi connectivity index (χ2n) is 7.23. The van der Waals surface area contributed by atoms with Gasteiger partial charge in [0.05, 0.1) is 0 Å². The van der Waals surface area contributed by atoms with Crippen molar-refractivity contribution in [3.8, 4) is 0 Å². The number of carbonyl (C=O) groups excluding carboxylic acids is 1. The van der Waals surface area contributed by atoms with E-state index in [1.54, 1.807) is 0 Å². The first-order valence-electron chi connectivity index (χ1n) is 8.62. The van der Waals surface area contributed by atoms with E-state index in [1.165, 1.54) is 38.5 Å². The van der Waals surface area contributed by atoms with Crippen LogP contribution in [0.2, 0.25) is 0 Å². The molecular weight excluding hydrogens is 284 g/mol. The molecular formula is C17H33ClN2O. The van der Waals surface area contributed by atoms with Gasteiger partial charge in [-0.3, -0.25) is 4.79 Å². The molecule has 1 saturated heterocycles. The lowest BCUT2D eigenvalue weighted by Gasteiger charge is -2.29. The summed E-state index contributed by atoms with van der Waals surface area (Å²) in [5.41, 5.74) is 0. The van der Waals surface area contributed by atoms with Gasteiger partial charge in [0.15, 0.2) is 0 Å². The predicted octanol–water partition coefficient (Wildman–Crippen LogP) is 3.38. The predicted molar refractivity (Wildman–Crippen MR) is 90.8 cm³/mol. The van der Waals surface area contributed by atoms with Crippen LogP contribution in [0.3, 0.4) is 0 Å².